The number of benzene rings is 1. The molecule has 0 unspecified atom stereocenters. The van der Waals surface area contributed by atoms with Crippen LogP contribution in [0, 0.1) is 22.7 Å². The number of nitrogens with one attached hydrogen (secondary N) is 1. The smallest absolute Gasteiger partial charge is 0.331 e. The molecule has 8 nitrogen and oxygen atoms in total. The van der Waals surface area contributed by atoms with Crippen LogP contribution in [0.3, 0.4) is 0 Å². The fourth-order valence-corrected chi connectivity index (χ4v) is 5.10. The highest BCUT2D eigenvalue weighted by atomic mass is 32.1. The number of fused-ring (bicyclic) bond motifs is 1. The molecule has 1 saturated heterocycles. The number of aryl methyl sites for hydroxylation is 1. The number of nitriles is 2. The number of hydrogen-bond donors (Lipinski definition) is 1. The maximum Gasteiger partial charge on any atom is 0.331 e. The number of amides is 1. The molecule has 1 fully saturated rings. The van der Waals surface area contributed by atoms with Crippen molar-refractivity contribution in [1.29, 1.82) is 10.5 Å². The summed E-state index contributed by atoms with van der Waals surface area (Å²) in [5.41, 5.74) is 0.669. The van der Waals surface area contributed by atoms with E-state index in [0.717, 1.165) is 0 Å². The molecule has 31 heavy (non-hydrogen) atoms. The number of rotatable bonds is 4. The zero-order chi connectivity index (χ0) is 22.0. The molecule has 4 rings (SSSR count). The van der Waals surface area contributed by atoms with Crippen LogP contribution >= 0.6 is 11.3 Å². The van der Waals surface area contributed by atoms with E-state index in [0.29, 0.717) is 45.6 Å². The SMILES string of the molecule is N#CCCn1c(=O)n([C@@H]2CCCNC(=O)C2)c(=O)c2sc(-c3ccccc3C#N)cc21. The van der Waals surface area contributed by atoms with Crippen molar-refractivity contribution in [3.63, 3.8) is 0 Å². The molecular formula is C22H19N5O3S. The summed E-state index contributed by atoms with van der Waals surface area (Å²) in [7, 11) is 0. The van der Waals surface area contributed by atoms with Crippen LogP contribution in [0.15, 0.2) is 39.9 Å². The number of hydrogen-bond acceptors (Lipinski definition) is 6. The number of thiophene rings is 1. The summed E-state index contributed by atoms with van der Waals surface area (Å²) in [6.45, 7) is 0.657. The lowest BCUT2D eigenvalue weighted by Gasteiger charge is -2.18. The topological polar surface area (TPSA) is 121 Å². The van der Waals surface area contributed by atoms with Gasteiger partial charge in [-0.25, -0.2) is 4.79 Å². The van der Waals surface area contributed by atoms with Crippen molar-refractivity contribution >= 4 is 27.5 Å². The van der Waals surface area contributed by atoms with Crippen LogP contribution in [-0.2, 0) is 11.3 Å². The quantitative estimate of drug-likeness (QED) is 0.678. The predicted octanol–water partition coefficient (Wildman–Crippen LogP) is 2.52. The average molecular weight is 433 g/mol. The van der Waals surface area contributed by atoms with Crippen molar-refractivity contribution in [3.8, 4) is 22.6 Å². The minimum Gasteiger partial charge on any atom is -0.356 e. The Morgan fingerprint density at radius 3 is 2.77 bits per heavy atom. The van der Waals surface area contributed by atoms with Gasteiger partial charge in [-0.3, -0.25) is 18.7 Å². The Bertz CT molecular complexity index is 1370. The minimum absolute atomic E-state index is 0.0639. The van der Waals surface area contributed by atoms with E-state index in [1.165, 1.54) is 20.5 Å². The molecule has 2 aromatic heterocycles. The third kappa shape index (κ3) is 3.76. The Labute approximate surface area is 181 Å². The average Bonchev–Trinajstić information content (AvgIpc) is 3.10. The van der Waals surface area contributed by atoms with Gasteiger partial charge in [0.2, 0.25) is 5.91 Å². The van der Waals surface area contributed by atoms with Crippen LogP contribution in [-0.4, -0.2) is 21.6 Å². The second-order valence-electron chi connectivity index (χ2n) is 7.35. The number of nitrogens with zero attached hydrogens (tertiary/aromatic N) is 4. The molecule has 1 atom stereocenters. The Balaban J connectivity index is 1.97. The van der Waals surface area contributed by atoms with Crippen LogP contribution in [0.5, 0.6) is 0 Å². The molecule has 0 radical (unpaired) electrons. The number of carbonyl (C=O) groups is 1. The predicted molar refractivity (Wildman–Crippen MR) is 117 cm³/mol. The van der Waals surface area contributed by atoms with Gasteiger partial charge in [0.25, 0.3) is 5.56 Å². The first kappa shape index (κ1) is 20.6. The molecule has 1 aliphatic rings. The van der Waals surface area contributed by atoms with Gasteiger partial charge in [0.15, 0.2) is 0 Å². The van der Waals surface area contributed by atoms with E-state index < -0.39 is 17.3 Å². The lowest BCUT2D eigenvalue weighted by atomic mass is 10.1. The van der Waals surface area contributed by atoms with E-state index in [9.17, 15) is 19.6 Å². The summed E-state index contributed by atoms with van der Waals surface area (Å²) >= 11 is 1.22. The van der Waals surface area contributed by atoms with Crippen molar-refractivity contribution in [3.05, 3.63) is 56.7 Å². The summed E-state index contributed by atoms with van der Waals surface area (Å²) in [6, 6.07) is 12.5. The van der Waals surface area contributed by atoms with E-state index in [1.54, 1.807) is 24.3 Å². The summed E-state index contributed by atoms with van der Waals surface area (Å²) in [6.07, 6.45) is 1.38. The monoisotopic (exact) mass is 433 g/mol. The Kier molecular flexibility index (Phi) is 5.70. The van der Waals surface area contributed by atoms with E-state index in [2.05, 4.69) is 11.4 Å². The third-order valence-electron chi connectivity index (χ3n) is 5.44. The molecule has 0 aliphatic carbocycles. The van der Waals surface area contributed by atoms with Gasteiger partial charge in [0, 0.05) is 30.0 Å². The van der Waals surface area contributed by atoms with Gasteiger partial charge in [-0.05, 0) is 25.0 Å². The second kappa shape index (κ2) is 8.58. The van der Waals surface area contributed by atoms with Crippen molar-refractivity contribution in [2.45, 2.75) is 38.3 Å². The fourth-order valence-electron chi connectivity index (χ4n) is 3.97. The van der Waals surface area contributed by atoms with E-state index >= 15 is 0 Å². The highest BCUT2D eigenvalue weighted by Crippen LogP contribution is 2.33. The molecule has 1 aromatic carbocycles. The normalized spacial score (nSPS) is 16.3. The standard InChI is InChI=1S/C22H19N5O3S/c23-8-4-10-26-17-12-18(16-7-2-1-5-14(16)13-24)31-20(17)21(29)27(22(26)30)15-6-3-9-25-19(28)11-15/h1-2,5,7,12,15H,3-4,6,9-11H2,(H,25,28)/t15-/m1/s1. The van der Waals surface area contributed by atoms with Crippen molar-refractivity contribution in [1.82, 2.24) is 14.5 Å². The van der Waals surface area contributed by atoms with E-state index in [4.69, 9.17) is 5.26 Å². The van der Waals surface area contributed by atoms with Crippen LogP contribution in [0.25, 0.3) is 20.7 Å². The summed E-state index contributed by atoms with van der Waals surface area (Å²) in [5.74, 6) is -0.188. The fraction of sp³-hybridized carbons (Fsp3) is 0.318. The third-order valence-corrected chi connectivity index (χ3v) is 6.58. The molecule has 3 aromatic rings. The van der Waals surface area contributed by atoms with Gasteiger partial charge in [-0.15, -0.1) is 11.3 Å². The zero-order valence-corrected chi connectivity index (χ0v) is 17.4. The molecule has 1 amide bonds. The summed E-state index contributed by atoms with van der Waals surface area (Å²) in [4.78, 5) is 39.5. The Morgan fingerprint density at radius 2 is 2.00 bits per heavy atom. The molecule has 0 bridgehead atoms. The highest BCUT2D eigenvalue weighted by molar-refractivity contribution is 7.22. The molecule has 156 valence electrons. The van der Waals surface area contributed by atoms with Gasteiger partial charge in [-0.2, -0.15) is 10.5 Å². The first-order chi connectivity index (χ1) is 15.0. The molecule has 0 saturated carbocycles. The van der Waals surface area contributed by atoms with Crippen LogP contribution < -0.4 is 16.6 Å². The van der Waals surface area contributed by atoms with Crippen LogP contribution in [0.1, 0.15) is 37.3 Å². The van der Waals surface area contributed by atoms with E-state index in [-0.39, 0.29) is 25.3 Å². The Morgan fingerprint density at radius 1 is 1.19 bits per heavy atom. The molecule has 1 aliphatic heterocycles. The van der Waals surface area contributed by atoms with Gasteiger partial charge in [0.05, 0.1) is 35.7 Å². The van der Waals surface area contributed by atoms with E-state index in [1.807, 2.05) is 12.1 Å². The molecule has 3 heterocycles. The minimum atomic E-state index is -0.530. The second-order valence-corrected chi connectivity index (χ2v) is 8.40. The zero-order valence-electron chi connectivity index (χ0n) is 16.6. The van der Waals surface area contributed by atoms with Crippen LogP contribution in [0.4, 0.5) is 0 Å². The van der Waals surface area contributed by atoms with Crippen molar-refractivity contribution in [2.24, 2.45) is 0 Å². The molecular weight excluding hydrogens is 414 g/mol. The first-order valence-electron chi connectivity index (χ1n) is 9.97. The van der Waals surface area contributed by atoms with Gasteiger partial charge in [-0.1, -0.05) is 18.2 Å². The Hall–Kier alpha value is -3.69. The molecule has 9 heteroatoms. The summed E-state index contributed by atoms with van der Waals surface area (Å²) < 4.78 is 3.00. The highest BCUT2D eigenvalue weighted by Gasteiger charge is 2.26. The lowest BCUT2D eigenvalue weighted by Crippen LogP contribution is -2.42. The number of carbonyl (C=O) groups excluding carboxylic acids is 1. The molecule has 1 N–H and O–H groups in total. The lowest BCUT2D eigenvalue weighted by molar-refractivity contribution is -0.121. The summed E-state index contributed by atoms with van der Waals surface area (Å²) in [5, 5.41) is 21.3. The van der Waals surface area contributed by atoms with Gasteiger partial charge < -0.3 is 5.32 Å². The van der Waals surface area contributed by atoms with Crippen LogP contribution in [0.2, 0.25) is 0 Å². The number of aromatic nitrogens is 2. The first-order valence-corrected chi connectivity index (χ1v) is 10.8. The largest absolute Gasteiger partial charge is 0.356 e. The van der Waals surface area contributed by atoms with Gasteiger partial charge in [0.1, 0.15) is 4.70 Å². The maximum absolute atomic E-state index is 13.4. The van der Waals surface area contributed by atoms with Gasteiger partial charge >= 0.3 is 5.69 Å². The van der Waals surface area contributed by atoms with Crippen molar-refractivity contribution in [2.75, 3.05) is 6.54 Å². The molecule has 0 spiro atoms. The van der Waals surface area contributed by atoms with Crippen molar-refractivity contribution < 1.29 is 4.79 Å². The maximum atomic E-state index is 13.4.